The number of nitrogens with zero attached hydrogens (tertiary/aromatic N) is 3. The first kappa shape index (κ1) is 15.2. The smallest absolute Gasteiger partial charge is 0.273 e. The van der Waals surface area contributed by atoms with Gasteiger partial charge in [-0.05, 0) is 18.4 Å². The highest BCUT2D eigenvalue weighted by Gasteiger charge is 2.11. The number of rotatable bonds is 7. The third-order valence-electron chi connectivity index (χ3n) is 3.19. The zero-order valence-corrected chi connectivity index (χ0v) is 12.1. The van der Waals surface area contributed by atoms with E-state index in [0.29, 0.717) is 25.9 Å². The molecule has 6 nitrogen and oxygen atoms in total. The number of hydrogen-bond acceptors (Lipinski definition) is 4. The Balaban J connectivity index is 1.86. The number of carbonyl (C=O) groups is 1. The summed E-state index contributed by atoms with van der Waals surface area (Å²) in [6.07, 6.45) is 2.47. The molecule has 112 valence electrons. The van der Waals surface area contributed by atoms with Crippen molar-refractivity contribution in [3.8, 4) is 0 Å². The van der Waals surface area contributed by atoms with E-state index in [1.807, 2.05) is 37.3 Å². The normalized spacial score (nSPS) is 12.1. The Hall–Kier alpha value is -2.21. The Morgan fingerprint density at radius 2 is 2.14 bits per heavy atom. The van der Waals surface area contributed by atoms with Crippen LogP contribution in [0, 0.1) is 0 Å². The Labute approximate surface area is 123 Å². The molecule has 0 saturated heterocycles. The minimum atomic E-state index is -0.376. The van der Waals surface area contributed by atoms with Crippen molar-refractivity contribution in [1.29, 1.82) is 0 Å². The van der Waals surface area contributed by atoms with Gasteiger partial charge in [-0.3, -0.25) is 4.79 Å². The second-order valence-electron chi connectivity index (χ2n) is 4.89. The molecule has 0 aliphatic rings. The molecular weight excluding hydrogens is 268 g/mol. The van der Waals surface area contributed by atoms with Gasteiger partial charge in [0.1, 0.15) is 0 Å². The second kappa shape index (κ2) is 7.54. The van der Waals surface area contributed by atoms with Crippen LogP contribution in [0.15, 0.2) is 36.5 Å². The van der Waals surface area contributed by atoms with Crippen LogP contribution in [0.4, 0.5) is 0 Å². The summed E-state index contributed by atoms with van der Waals surface area (Å²) in [5, 5.41) is 20.0. The first-order chi connectivity index (χ1) is 10.2. The Kier molecular flexibility index (Phi) is 5.45. The van der Waals surface area contributed by atoms with Crippen molar-refractivity contribution in [3.63, 3.8) is 0 Å². The highest BCUT2D eigenvalue weighted by molar-refractivity contribution is 5.91. The summed E-state index contributed by atoms with van der Waals surface area (Å²) in [5.74, 6) is -0.266. The van der Waals surface area contributed by atoms with E-state index in [4.69, 9.17) is 0 Å². The number of aliphatic hydroxyl groups excluding tert-OH is 1. The van der Waals surface area contributed by atoms with Gasteiger partial charge in [-0.15, -0.1) is 5.10 Å². The fraction of sp³-hybridized carbons (Fsp3) is 0.400. The van der Waals surface area contributed by atoms with Crippen molar-refractivity contribution >= 4 is 5.91 Å². The highest BCUT2D eigenvalue weighted by atomic mass is 16.3. The van der Waals surface area contributed by atoms with Crippen molar-refractivity contribution in [2.75, 3.05) is 6.54 Å². The van der Waals surface area contributed by atoms with Crippen molar-refractivity contribution in [3.05, 3.63) is 47.8 Å². The van der Waals surface area contributed by atoms with Crippen LogP contribution in [0.3, 0.4) is 0 Å². The second-order valence-corrected chi connectivity index (χ2v) is 4.89. The summed E-state index contributed by atoms with van der Waals surface area (Å²) in [6.45, 7) is 2.91. The molecule has 6 heteroatoms. The Morgan fingerprint density at radius 3 is 2.86 bits per heavy atom. The Morgan fingerprint density at radius 1 is 1.38 bits per heavy atom. The largest absolute Gasteiger partial charge is 0.393 e. The topological polar surface area (TPSA) is 80.0 Å². The molecule has 1 aromatic carbocycles. The summed E-state index contributed by atoms with van der Waals surface area (Å²) in [5.41, 5.74) is 1.39. The van der Waals surface area contributed by atoms with Crippen molar-refractivity contribution in [2.24, 2.45) is 0 Å². The van der Waals surface area contributed by atoms with E-state index in [1.165, 1.54) is 0 Å². The summed E-state index contributed by atoms with van der Waals surface area (Å²) < 4.78 is 1.63. The van der Waals surface area contributed by atoms with E-state index in [9.17, 15) is 9.90 Å². The standard InChI is InChI=1S/C15H20N4O2/c1-2-13(20)8-9-16-15(21)14-11-19(18-17-14)10-12-6-4-3-5-7-12/h3-7,11,13,20H,2,8-10H2,1H3,(H,16,21). The maximum atomic E-state index is 11.9. The summed E-state index contributed by atoms with van der Waals surface area (Å²) >= 11 is 0. The summed E-state index contributed by atoms with van der Waals surface area (Å²) in [4.78, 5) is 11.9. The van der Waals surface area contributed by atoms with Crippen LogP contribution < -0.4 is 5.32 Å². The SMILES string of the molecule is CCC(O)CCNC(=O)c1cn(Cc2ccccc2)nn1. The van der Waals surface area contributed by atoms with Crippen LogP contribution in [0.5, 0.6) is 0 Å². The average molecular weight is 288 g/mol. The third-order valence-corrected chi connectivity index (χ3v) is 3.19. The predicted molar refractivity (Wildman–Crippen MR) is 78.8 cm³/mol. The summed E-state index contributed by atoms with van der Waals surface area (Å²) in [6, 6.07) is 9.85. The number of benzene rings is 1. The molecule has 1 atom stereocenters. The maximum absolute atomic E-state index is 11.9. The molecule has 1 amide bonds. The van der Waals surface area contributed by atoms with E-state index in [1.54, 1.807) is 10.9 Å². The zero-order chi connectivity index (χ0) is 15.1. The number of hydrogen-bond donors (Lipinski definition) is 2. The molecule has 0 saturated carbocycles. The zero-order valence-electron chi connectivity index (χ0n) is 12.1. The lowest BCUT2D eigenvalue weighted by molar-refractivity contribution is 0.0937. The van der Waals surface area contributed by atoms with E-state index in [-0.39, 0.29) is 17.7 Å². The molecule has 1 heterocycles. The van der Waals surface area contributed by atoms with E-state index < -0.39 is 0 Å². The fourth-order valence-corrected chi connectivity index (χ4v) is 1.90. The highest BCUT2D eigenvalue weighted by Crippen LogP contribution is 2.02. The molecule has 0 aliphatic heterocycles. The lowest BCUT2D eigenvalue weighted by atomic mass is 10.2. The number of aliphatic hydroxyl groups is 1. The summed E-state index contributed by atoms with van der Waals surface area (Å²) in [7, 11) is 0. The van der Waals surface area contributed by atoms with Crippen LogP contribution >= 0.6 is 0 Å². The van der Waals surface area contributed by atoms with Crippen LogP contribution in [0.1, 0.15) is 35.8 Å². The van der Waals surface area contributed by atoms with Gasteiger partial charge < -0.3 is 10.4 Å². The fourth-order valence-electron chi connectivity index (χ4n) is 1.90. The number of aromatic nitrogens is 3. The van der Waals surface area contributed by atoms with Crippen LogP contribution in [-0.4, -0.2) is 38.7 Å². The molecule has 1 unspecified atom stereocenters. The van der Waals surface area contributed by atoms with E-state index in [0.717, 1.165) is 5.56 Å². The molecule has 0 spiro atoms. The van der Waals surface area contributed by atoms with Crippen molar-refractivity contribution in [1.82, 2.24) is 20.3 Å². The number of carbonyl (C=O) groups excluding carboxylic acids is 1. The predicted octanol–water partition coefficient (Wildman–Crippen LogP) is 1.22. The Bertz CT molecular complexity index is 568. The maximum Gasteiger partial charge on any atom is 0.273 e. The molecule has 0 fully saturated rings. The van der Waals surface area contributed by atoms with Gasteiger partial charge in [-0.1, -0.05) is 42.5 Å². The van der Waals surface area contributed by atoms with Crippen molar-refractivity contribution < 1.29 is 9.90 Å². The lowest BCUT2D eigenvalue weighted by Gasteiger charge is -2.07. The van der Waals surface area contributed by atoms with E-state index in [2.05, 4.69) is 15.6 Å². The van der Waals surface area contributed by atoms with Gasteiger partial charge >= 0.3 is 0 Å². The number of nitrogens with one attached hydrogen (secondary N) is 1. The average Bonchev–Trinajstić information content (AvgIpc) is 2.96. The molecular formula is C15H20N4O2. The lowest BCUT2D eigenvalue weighted by Crippen LogP contribution is -2.27. The van der Waals surface area contributed by atoms with Gasteiger partial charge in [0.15, 0.2) is 5.69 Å². The molecule has 2 rings (SSSR count). The molecule has 1 aromatic heterocycles. The van der Waals surface area contributed by atoms with Crippen molar-refractivity contribution in [2.45, 2.75) is 32.4 Å². The van der Waals surface area contributed by atoms with Crippen LogP contribution in [-0.2, 0) is 6.54 Å². The third kappa shape index (κ3) is 4.68. The van der Waals surface area contributed by atoms with Gasteiger partial charge in [0.25, 0.3) is 5.91 Å². The van der Waals surface area contributed by atoms with Gasteiger partial charge in [0.05, 0.1) is 18.8 Å². The van der Waals surface area contributed by atoms with Gasteiger partial charge in [-0.2, -0.15) is 0 Å². The quantitative estimate of drug-likeness (QED) is 0.802. The molecule has 0 aliphatic carbocycles. The van der Waals surface area contributed by atoms with E-state index >= 15 is 0 Å². The van der Waals surface area contributed by atoms with Gasteiger partial charge in [-0.25, -0.2) is 4.68 Å². The first-order valence-corrected chi connectivity index (χ1v) is 7.09. The van der Waals surface area contributed by atoms with Crippen LogP contribution in [0.2, 0.25) is 0 Å². The minimum Gasteiger partial charge on any atom is -0.393 e. The molecule has 2 aromatic rings. The number of amides is 1. The minimum absolute atomic E-state index is 0.266. The molecule has 0 radical (unpaired) electrons. The first-order valence-electron chi connectivity index (χ1n) is 7.09. The van der Waals surface area contributed by atoms with Crippen LogP contribution in [0.25, 0.3) is 0 Å². The monoisotopic (exact) mass is 288 g/mol. The van der Waals surface area contributed by atoms with Gasteiger partial charge in [0.2, 0.25) is 0 Å². The molecule has 0 bridgehead atoms. The molecule has 21 heavy (non-hydrogen) atoms. The molecule has 2 N–H and O–H groups in total. The van der Waals surface area contributed by atoms with Gasteiger partial charge in [0, 0.05) is 6.54 Å².